The van der Waals surface area contributed by atoms with Crippen molar-refractivity contribution in [3.05, 3.63) is 66.0 Å². The van der Waals surface area contributed by atoms with Crippen molar-refractivity contribution in [2.45, 2.75) is 25.4 Å². The Morgan fingerprint density at radius 2 is 1.74 bits per heavy atom. The van der Waals surface area contributed by atoms with E-state index in [-0.39, 0.29) is 11.4 Å². The number of nitrogens with zero attached hydrogens (tertiary/aromatic N) is 4. The zero-order chi connectivity index (χ0) is 24.4. The van der Waals surface area contributed by atoms with Crippen LogP contribution in [0.15, 0.2) is 54.9 Å². The molecule has 8 nitrogen and oxygen atoms in total. The number of ether oxygens (including phenoxy) is 1. The minimum Gasteiger partial charge on any atom is -0.456 e. The summed E-state index contributed by atoms with van der Waals surface area (Å²) < 4.78 is 44.8. The average Bonchev–Trinajstić information content (AvgIpc) is 3.30. The molecule has 0 atom stereocenters. The Bertz CT molecular complexity index is 1350. The van der Waals surface area contributed by atoms with E-state index in [4.69, 9.17) is 4.74 Å². The number of aromatic amines is 1. The van der Waals surface area contributed by atoms with E-state index in [1.165, 1.54) is 18.6 Å². The van der Waals surface area contributed by atoms with Gasteiger partial charge in [0.05, 0.1) is 5.56 Å². The van der Waals surface area contributed by atoms with Gasteiger partial charge in [-0.3, -0.25) is 9.89 Å². The number of pyridine rings is 2. The Hall–Kier alpha value is -4.15. The number of piperidine rings is 1. The number of H-pyrrole nitrogens is 1. The molecule has 180 valence electrons. The predicted octanol–water partition coefficient (Wildman–Crippen LogP) is 5.41. The lowest BCUT2D eigenvalue weighted by molar-refractivity contribution is -0.137. The van der Waals surface area contributed by atoms with E-state index in [2.05, 4.69) is 30.4 Å². The van der Waals surface area contributed by atoms with E-state index in [0.717, 1.165) is 55.5 Å². The van der Waals surface area contributed by atoms with E-state index in [1.54, 1.807) is 24.4 Å². The van der Waals surface area contributed by atoms with Crippen molar-refractivity contribution < 1.29 is 22.7 Å². The van der Waals surface area contributed by atoms with Gasteiger partial charge in [-0.15, -0.1) is 0 Å². The summed E-state index contributed by atoms with van der Waals surface area (Å²) in [4.78, 5) is 22.8. The van der Waals surface area contributed by atoms with Gasteiger partial charge in [-0.25, -0.2) is 9.97 Å². The first-order chi connectivity index (χ1) is 16.9. The molecule has 0 unspecified atom stereocenters. The molecule has 1 amide bonds. The number of amides is 1. The molecule has 35 heavy (non-hydrogen) atoms. The van der Waals surface area contributed by atoms with Crippen LogP contribution < -0.4 is 15.0 Å². The van der Waals surface area contributed by atoms with Crippen molar-refractivity contribution in [1.29, 1.82) is 0 Å². The Labute approximate surface area is 198 Å². The third kappa shape index (κ3) is 4.88. The highest BCUT2D eigenvalue weighted by Crippen LogP contribution is 2.35. The maximum absolute atomic E-state index is 12.9. The molecule has 4 heterocycles. The summed E-state index contributed by atoms with van der Waals surface area (Å²) in [6, 6.07) is 9.66. The number of benzene rings is 1. The number of alkyl halides is 3. The van der Waals surface area contributed by atoms with Gasteiger partial charge in [-0.05, 0) is 55.7 Å². The summed E-state index contributed by atoms with van der Waals surface area (Å²) in [5.41, 5.74) is -0.0280. The molecule has 5 rings (SSSR count). The van der Waals surface area contributed by atoms with Crippen LogP contribution in [0.4, 0.5) is 24.8 Å². The van der Waals surface area contributed by atoms with Gasteiger partial charge in [-0.2, -0.15) is 18.3 Å². The highest BCUT2D eigenvalue weighted by atomic mass is 19.4. The SMILES string of the molecule is O=C(Nc1cc(C(F)(F)F)ccn1)c1ccc(Oc2ccnc3[nH]nc(N4CCCCC4)c23)cc1. The van der Waals surface area contributed by atoms with Crippen molar-refractivity contribution >= 4 is 28.6 Å². The number of rotatable bonds is 5. The number of hydrogen-bond donors (Lipinski definition) is 2. The zero-order valence-corrected chi connectivity index (χ0v) is 18.5. The van der Waals surface area contributed by atoms with Crippen molar-refractivity contribution in [3.63, 3.8) is 0 Å². The van der Waals surface area contributed by atoms with Crippen LogP contribution in [-0.4, -0.2) is 39.2 Å². The maximum Gasteiger partial charge on any atom is 0.416 e. The second-order valence-corrected chi connectivity index (χ2v) is 8.14. The molecule has 1 aliphatic rings. The van der Waals surface area contributed by atoms with Gasteiger partial charge in [0.2, 0.25) is 0 Å². The lowest BCUT2D eigenvalue weighted by Gasteiger charge is -2.26. The minimum absolute atomic E-state index is 0.186. The molecule has 1 aromatic carbocycles. The summed E-state index contributed by atoms with van der Waals surface area (Å²) in [5.74, 6) is 1.09. The number of nitrogens with one attached hydrogen (secondary N) is 2. The highest BCUT2D eigenvalue weighted by Gasteiger charge is 2.31. The number of anilines is 2. The molecule has 2 N–H and O–H groups in total. The first kappa shape index (κ1) is 22.6. The molecule has 0 radical (unpaired) electrons. The van der Waals surface area contributed by atoms with Gasteiger partial charge in [0, 0.05) is 37.1 Å². The summed E-state index contributed by atoms with van der Waals surface area (Å²) in [6.07, 6.45) is 1.50. The molecular formula is C24H21F3N6O2. The Morgan fingerprint density at radius 3 is 2.49 bits per heavy atom. The molecule has 11 heteroatoms. The number of fused-ring (bicyclic) bond motifs is 1. The first-order valence-electron chi connectivity index (χ1n) is 11.1. The summed E-state index contributed by atoms with van der Waals surface area (Å²) in [7, 11) is 0. The van der Waals surface area contributed by atoms with E-state index in [9.17, 15) is 18.0 Å². The van der Waals surface area contributed by atoms with Crippen LogP contribution >= 0.6 is 0 Å². The summed E-state index contributed by atoms with van der Waals surface area (Å²) in [6.45, 7) is 1.83. The van der Waals surface area contributed by atoms with E-state index >= 15 is 0 Å². The van der Waals surface area contributed by atoms with Gasteiger partial charge < -0.3 is 15.0 Å². The quantitative estimate of drug-likeness (QED) is 0.395. The van der Waals surface area contributed by atoms with Crippen LogP contribution in [0.5, 0.6) is 11.5 Å². The molecule has 0 spiro atoms. The van der Waals surface area contributed by atoms with Gasteiger partial charge in [0.15, 0.2) is 11.5 Å². The van der Waals surface area contributed by atoms with Crippen LogP contribution in [0.1, 0.15) is 35.2 Å². The van der Waals surface area contributed by atoms with Crippen molar-refractivity contribution in [3.8, 4) is 11.5 Å². The Kier molecular flexibility index (Phi) is 5.98. The molecule has 0 saturated carbocycles. The van der Waals surface area contributed by atoms with Gasteiger partial charge in [-0.1, -0.05) is 0 Å². The maximum atomic E-state index is 12.9. The van der Waals surface area contributed by atoms with E-state index < -0.39 is 17.6 Å². The fraction of sp³-hybridized carbons (Fsp3) is 0.250. The largest absolute Gasteiger partial charge is 0.456 e. The number of carbonyl (C=O) groups is 1. The molecule has 0 aliphatic carbocycles. The van der Waals surface area contributed by atoms with Crippen LogP contribution in [-0.2, 0) is 6.18 Å². The van der Waals surface area contributed by atoms with Gasteiger partial charge >= 0.3 is 6.18 Å². The Morgan fingerprint density at radius 1 is 1.00 bits per heavy atom. The third-order valence-corrected chi connectivity index (χ3v) is 5.73. The molecule has 1 saturated heterocycles. The molecule has 1 aliphatic heterocycles. The normalized spacial score (nSPS) is 14.2. The van der Waals surface area contributed by atoms with Crippen molar-refractivity contribution in [2.75, 3.05) is 23.3 Å². The smallest absolute Gasteiger partial charge is 0.416 e. The number of aromatic nitrogens is 4. The lowest BCUT2D eigenvalue weighted by Crippen LogP contribution is -2.29. The monoisotopic (exact) mass is 482 g/mol. The van der Waals surface area contributed by atoms with Crippen LogP contribution in [0, 0.1) is 0 Å². The molecule has 4 aromatic rings. The van der Waals surface area contributed by atoms with Crippen LogP contribution in [0.2, 0.25) is 0 Å². The second-order valence-electron chi connectivity index (χ2n) is 8.14. The fourth-order valence-corrected chi connectivity index (χ4v) is 3.99. The minimum atomic E-state index is -4.53. The zero-order valence-electron chi connectivity index (χ0n) is 18.5. The summed E-state index contributed by atoms with van der Waals surface area (Å²) in [5, 5.41) is 10.6. The van der Waals surface area contributed by atoms with Crippen LogP contribution in [0.3, 0.4) is 0 Å². The number of hydrogen-bond acceptors (Lipinski definition) is 6. The van der Waals surface area contributed by atoms with Gasteiger partial charge in [0.25, 0.3) is 5.91 Å². The average molecular weight is 482 g/mol. The topological polar surface area (TPSA) is 96.0 Å². The highest BCUT2D eigenvalue weighted by molar-refractivity contribution is 6.03. The number of carbonyl (C=O) groups excluding carboxylic acids is 1. The van der Waals surface area contributed by atoms with Crippen molar-refractivity contribution in [2.24, 2.45) is 0 Å². The molecule has 0 bridgehead atoms. The fourth-order valence-electron chi connectivity index (χ4n) is 3.99. The standard InChI is InChI=1S/C24H21F3N6O2/c25-24(26,27)16-8-10-28-19(14-16)30-23(34)15-4-6-17(7-5-15)35-18-9-11-29-21-20(18)22(32-31-21)33-12-2-1-3-13-33/h4-11,14H,1-3,12-13H2,(H,28,30,34)(H,29,31,32). The number of halogens is 3. The van der Waals surface area contributed by atoms with E-state index in [1.807, 2.05) is 0 Å². The second kappa shape index (κ2) is 9.24. The molecule has 1 fully saturated rings. The molecular weight excluding hydrogens is 461 g/mol. The summed E-state index contributed by atoms with van der Waals surface area (Å²) >= 11 is 0. The van der Waals surface area contributed by atoms with Gasteiger partial charge in [0.1, 0.15) is 22.7 Å². The first-order valence-corrected chi connectivity index (χ1v) is 11.1. The third-order valence-electron chi connectivity index (χ3n) is 5.73. The van der Waals surface area contributed by atoms with Crippen LogP contribution in [0.25, 0.3) is 11.0 Å². The van der Waals surface area contributed by atoms with Crippen molar-refractivity contribution in [1.82, 2.24) is 20.2 Å². The predicted molar refractivity (Wildman–Crippen MR) is 124 cm³/mol. The van der Waals surface area contributed by atoms with E-state index in [0.29, 0.717) is 17.1 Å². The molecule has 3 aromatic heterocycles. The Balaban J connectivity index is 1.33. The lowest BCUT2D eigenvalue weighted by atomic mass is 10.1.